The van der Waals surface area contributed by atoms with E-state index in [1.165, 1.54) is 7.11 Å². The van der Waals surface area contributed by atoms with Gasteiger partial charge in [0.15, 0.2) is 0 Å². The highest BCUT2D eigenvalue weighted by molar-refractivity contribution is 5.90. The van der Waals surface area contributed by atoms with E-state index in [1.54, 1.807) is 6.07 Å². The number of anilines is 1. The average Bonchev–Trinajstić information content (AvgIpc) is 2.47. The van der Waals surface area contributed by atoms with Crippen LogP contribution in [0.2, 0.25) is 0 Å². The van der Waals surface area contributed by atoms with Gasteiger partial charge in [-0.25, -0.2) is 9.78 Å². The molecule has 1 aromatic rings. The molecule has 0 atom stereocenters. The van der Waals surface area contributed by atoms with Crippen molar-refractivity contribution in [3.05, 3.63) is 23.4 Å². The fourth-order valence-corrected chi connectivity index (χ4v) is 2.39. The number of piperazine rings is 1. The quantitative estimate of drug-likeness (QED) is 0.799. The molecule has 1 saturated heterocycles. The van der Waals surface area contributed by atoms with E-state index in [9.17, 15) is 4.79 Å². The molecular weight excluding hydrogens is 258 g/mol. The van der Waals surface area contributed by atoms with Crippen LogP contribution >= 0.6 is 0 Å². The van der Waals surface area contributed by atoms with Gasteiger partial charge in [-0.2, -0.15) is 0 Å². The van der Waals surface area contributed by atoms with Crippen LogP contribution < -0.4 is 4.90 Å². The first-order valence-electron chi connectivity index (χ1n) is 6.80. The van der Waals surface area contributed by atoms with E-state index < -0.39 is 0 Å². The second kappa shape index (κ2) is 6.67. The Balaban J connectivity index is 2.04. The zero-order valence-corrected chi connectivity index (χ0v) is 12.0. The molecular formula is C14H21N3O3. The van der Waals surface area contributed by atoms with E-state index in [0.717, 1.165) is 38.5 Å². The lowest BCUT2D eigenvalue weighted by Gasteiger charge is -2.35. The predicted octanol–water partition coefficient (Wildman–Crippen LogP) is 0.291. The van der Waals surface area contributed by atoms with Gasteiger partial charge in [0.25, 0.3) is 0 Å². The van der Waals surface area contributed by atoms with Crippen LogP contribution in [0.5, 0.6) is 0 Å². The Kier molecular flexibility index (Phi) is 4.92. The van der Waals surface area contributed by atoms with Crippen molar-refractivity contribution in [3.8, 4) is 0 Å². The molecule has 1 aliphatic heterocycles. The van der Waals surface area contributed by atoms with Crippen molar-refractivity contribution in [1.29, 1.82) is 0 Å². The van der Waals surface area contributed by atoms with Crippen molar-refractivity contribution in [1.82, 2.24) is 9.88 Å². The summed E-state index contributed by atoms with van der Waals surface area (Å²) in [6, 6.07) is 3.63. The standard InChI is InChI=1S/C14H21N3O3/c1-11-12(14(19)20-2)3-4-13(15-11)17-7-5-16(6-8-17)9-10-18/h3-4,18H,5-10H2,1-2H3. The Labute approximate surface area is 119 Å². The molecule has 2 heterocycles. The topological polar surface area (TPSA) is 65.9 Å². The zero-order valence-electron chi connectivity index (χ0n) is 12.0. The Morgan fingerprint density at radius 2 is 2.05 bits per heavy atom. The summed E-state index contributed by atoms with van der Waals surface area (Å²) in [6.45, 7) is 6.33. The highest BCUT2D eigenvalue weighted by Gasteiger charge is 2.19. The van der Waals surface area contributed by atoms with Gasteiger partial charge in [-0.15, -0.1) is 0 Å². The van der Waals surface area contributed by atoms with Crippen LogP contribution in [0.25, 0.3) is 0 Å². The maximum Gasteiger partial charge on any atom is 0.339 e. The maximum atomic E-state index is 11.5. The molecule has 1 aromatic heterocycles. The molecule has 0 saturated carbocycles. The number of β-amino-alcohol motifs (C(OH)–C–C–N with tert-alkyl or cyclic N) is 1. The molecule has 6 heteroatoms. The summed E-state index contributed by atoms with van der Waals surface area (Å²) in [5.41, 5.74) is 1.20. The van der Waals surface area contributed by atoms with Gasteiger partial charge < -0.3 is 14.7 Å². The molecule has 0 aliphatic carbocycles. The summed E-state index contributed by atoms with van der Waals surface area (Å²) in [6.07, 6.45) is 0. The molecule has 0 spiro atoms. The summed E-state index contributed by atoms with van der Waals surface area (Å²) in [5.74, 6) is 0.535. The fourth-order valence-electron chi connectivity index (χ4n) is 2.39. The van der Waals surface area contributed by atoms with Crippen LogP contribution in [0, 0.1) is 6.92 Å². The van der Waals surface area contributed by atoms with Gasteiger partial charge in [-0.3, -0.25) is 4.90 Å². The van der Waals surface area contributed by atoms with Crippen LogP contribution in [-0.4, -0.2) is 67.4 Å². The number of carbonyl (C=O) groups excluding carboxylic acids is 1. The van der Waals surface area contributed by atoms with Crippen LogP contribution in [-0.2, 0) is 4.74 Å². The Hall–Kier alpha value is -1.66. The largest absolute Gasteiger partial charge is 0.465 e. The molecule has 20 heavy (non-hydrogen) atoms. The summed E-state index contributed by atoms with van der Waals surface area (Å²) in [7, 11) is 1.37. The van der Waals surface area contributed by atoms with E-state index >= 15 is 0 Å². The number of aromatic nitrogens is 1. The third-order valence-electron chi connectivity index (χ3n) is 3.59. The Morgan fingerprint density at radius 1 is 1.35 bits per heavy atom. The van der Waals surface area contributed by atoms with Gasteiger partial charge in [-0.1, -0.05) is 0 Å². The molecule has 0 unspecified atom stereocenters. The van der Waals surface area contributed by atoms with E-state index in [0.29, 0.717) is 11.3 Å². The molecule has 0 aromatic carbocycles. The fraction of sp³-hybridized carbons (Fsp3) is 0.571. The number of aliphatic hydroxyl groups excluding tert-OH is 1. The van der Waals surface area contributed by atoms with Crippen molar-refractivity contribution >= 4 is 11.8 Å². The SMILES string of the molecule is COC(=O)c1ccc(N2CCN(CCO)CC2)nc1C. The predicted molar refractivity (Wildman–Crippen MR) is 76.1 cm³/mol. The van der Waals surface area contributed by atoms with Crippen LogP contribution in [0.3, 0.4) is 0 Å². The van der Waals surface area contributed by atoms with Crippen molar-refractivity contribution < 1.29 is 14.6 Å². The minimum Gasteiger partial charge on any atom is -0.465 e. The van der Waals surface area contributed by atoms with Gasteiger partial charge in [0.2, 0.25) is 0 Å². The third kappa shape index (κ3) is 3.26. The second-order valence-corrected chi connectivity index (χ2v) is 4.85. The van der Waals surface area contributed by atoms with Crippen molar-refractivity contribution in [2.24, 2.45) is 0 Å². The number of esters is 1. The minimum absolute atomic E-state index is 0.200. The average molecular weight is 279 g/mol. The number of hydrogen-bond donors (Lipinski definition) is 1. The highest BCUT2D eigenvalue weighted by Crippen LogP contribution is 2.17. The van der Waals surface area contributed by atoms with Crippen molar-refractivity contribution in [2.75, 3.05) is 51.3 Å². The highest BCUT2D eigenvalue weighted by atomic mass is 16.5. The number of pyridine rings is 1. The first kappa shape index (κ1) is 14.7. The molecule has 1 fully saturated rings. The molecule has 0 bridgehead atoms. The Bertz CT molecular complexity index is 471. The number of carbonyl (C=O) groups is 1. The van der Waals surface area contributed by atoms with Crippen LogP contribution in [0.1, 0.15) is 16.1 Å². The van der Waals surface area contributed by atoms with Gasteiger partial charge in [0, 0.05) is 32.7 Å². The number of aryl methyl sites for hydroxylation is 1. The second-order valence-electron chi connectivity index (χ2n) is 4.85. The summed E-state index contributed by atoms with van der Waals surface area (Å²) in [4.78, 5) is 20.4. The zero-order chi connectivity index (χ0) is 14.5. The van der Waals surface area contributed by atoms with E-state index in [2.05, 4.69) is 14.8 Å². The lowest BCUT2D eigenvalue weighted by molar-refractivity contribution is 0.0599. The summed E-state index contributed by atoms with van der Waals surface area (Å²) in [5, 5.41) is 8.93. The number of nitrogens with zero attached hydrogens (tertiary/aromatic N) is 3. The van der Waals surface area contributed by atoms with Gasteiger partial charge in [-0.05, 0) is 19.1 Å². The van der Waals surface area contributed by atoms with Crippen molar-refractivity contribution in [2.45, 2.75) is 6.92 Å². The molecule has 1 aliphatic rings. The first-order chi connectivity index (χ1) is 9.65. The lowest BCUT2D eigenvalue weighted by atomic mass is 10.2. The number of rotatable bonds is 4. The maximum absolute atomic E-state index is 11.5. The van der Waals surface area contributed by atoms with Crippen LogP contribution in [0.15, 0.2) is 12.1 Å². The van der Waals surface area contributed by atoms with E-state index in [-0.39, 0.29) is 12.6 Å². The number of aliphatic hydroxyl groups is 1. The first-order valence-corrected chi connectivity index (χ1v) is 6.80. The summed E-state index contributed by atoms with van der Waals surface area (Å²) < 4.78 is 4.72. The normalized spacial score (nSPS) is 16.2. The number of methoxy groups -OCH3 is 1. The van der Waals surface area contributed by atoms with E-state index in [1.807, 2.05) is 13.0 Å². The van der Waals surface area contributed by atoms with Gasteiger partial charge >= 0.3 is 5.97 Å². The number of hydrogen-bond acceptors (Lipinski definition) is 6. The van der Waals surface area contributed by atoms with Gasteiger partial charge in [0.1, 0.15) is 5.82 Å². The summed E-state index contributed by atoms with van der Waals surface area (Å²) >= 11 is 0. The Morgan fingerprint density at radius 3 is 2.60 bits per heavy atom. The molecule has 0 amide bonds. The molecule has 6 nitrogen and oxygen atoms in total. The number of ether oxygens (including phenoxy) is 1. The third-order valence-corrected chi connectivity index (χ3v) is 3.59. The lowest BCUT2D eigenvalue weighted by Crippen LogP contribution is -2.47. The molecule has 1 N–H and O–H groups in total. The molecule has 0 radical (unpaired) electrons. The van der Waals surface area contributed by atoms with E-state index in [4.69, 9.17) is 9.84 Å². The molecule has 2 rings (SSSR count). The monoisotopic (exact) mass is 279 g/mol. The van der Waals surface area contributed by atoms with Crippen molar-refractivity contribution in [3.63, 3.8) is 0 Å². The smallest absolute Gasteiger partial charge is 0.339 e. The van der Waals surface area contributed by atoms with Crippen LogP contribution in [0.4, 0.5) is 5.82 Å². The molecule has 110 valence electrons. The minimum atomic E-state index is -0.352. The van der Waals surface area contributed by atoms with Gasteiger partial charge in [0.05, 0.1) is 25.0 Å².